The van der Waals surface area contributed by atoms with Crippen molar-refractivity contribution in [3.8, 4) is 17.2 Å². The highest BCUT2D eigenvalue weighted by Crippen LogP contribution is 2.42. The van der Waals surface area contributed by atoms with Crippen LogP contribution in [0.2, 0.25) is 5.02 Å². The normalized spacial score (nSPS) is 16.9. The maximum atomic E-state index is 13.0. The van der Waals surface area contributed by atoms with Gasteiger partial charge in [0.15, 0.2) is 0 Å². The van der Waals surface area contributed by atoms with Crippen LogP contribution in [0.1, 0.15) is 34.0 Å². The Morgan fingerprint density at radius 2 is 1.82 bits per heavy atom. The lowest BCUT2D eigenvalue weighted by atomic mass is 10.0. The first-order valence-electron chi connectivity index (χ1n) is 11.9. The fourth-order valence-corrected chi connectivity index (χ4v) is 4.62. The van der Waals surface area contributed by atoms with Crippen LogP contribution in [-0.4, -0.2) is 42.9 Å². The highest BCUT2D eigenvalue weighted by Gasteiger charge is 2.33. The highest BCUT2D eigenvalue weighted by atomic mass is 35.5. The second-order valence-corrected chi connectivity index (χ2v) is 9.49. The van der Waals surface area contributed by atoms with Gasteiger partial charge in [-0.3, -0.25) is 4.79 Å². The number of carboxylic acid groups (broad SMARTS) is 1. The van der Waals surface area contributed by atoms with Crippen molar-refractivity contribution in [2.75, 3.05) is 24.6 Å². The van der Waals surface area contributed by atoms with E-state index in [9.17, 15) is 22.8 Å². The summed E-state index contributed by atoms with van der Waals surface area (Å²) in [7, 11) is 0. The van der Waals surface area contributed by atoms with Crippen LogP contribution in [0.25, 0.3) is 0 Å². The average molecular weight is 563 g/mol. The third-order valence-corrected chi connectivity index (χ3v) is 6.69. The molecule has 2 heterocycles. The molecule has 39 heavy (non-hydrogen) atoms. The van der Waals surface area contributed by atoms with E-state index >= 15 is 0 Å². The van der Waals surface area contributed by atoms with Crippen LogP contribution in [0.3, 0.4) is 0 Å². The molecule has 1 fully saturated rings. The molecule has 2 aliphatic heterocycles. The van der Waals surface area contributed by atoms with Crippen LogP contribution in [0.15, 0.2) is 60.7 Å². The molecule has 0 radical (unpaired) electrons. The molecule has 12 heteroatoms. The van der Waals surface area contributed by atoms with Crippen LogP contribution in [0, 0.1) is 0 Å². The number of benzene rings is 3. The molecule has 3 aromatic carbocycles. The van der Waals surface area contributed by atoms with Crippen LogP contribution >= 0.6 is 11.6 Å². The number of nitrogens with zero attached hydrogens (tertiary/aromatic N) is 1. The van der Waals surface area contributed by atoms with Crippen molar-refractivity contribution < 1.29 is 42.1 Å². The van der Waals surface area contributed by atoms with Crippen molar-refractivity contribution in [3.63, 3.8) is 0 Å². The molecule has 8 nitrogen and oxygen atoms in total. The van der Waals surface area contributed by atoms with Gasteiger partial charge in [-0.15, -0.1) is 0 Å². The molecule has 2 N–H and O–H groups in total. The number of amides is 1. The number of carbonyl (C=O) groups is 2. The van der Waals surface area contributed by atoms with Crippen LogP contribution < -0.4 is 19.7 Å². The molecule has 1 amide bonds. The summed E-state index contributed by atoms with van der Waals surface area (Å²) in [4.78, 5) is 25.4. The second kappa shape index (κ2) is 10.6. The first-order chi connectivity index (χ1) is 18.6. The van der Waals surface area contributed by atoms with Crippen molar-refractivity contribution >= 4 is 29.4 Å². The molecule has 5 rings (SSSR count). The van der Waals surface area contributed by atoms with Crippen molar-refractivity contribution in [2.45, 2.75) is 24.7 Å². The van der Waals surface area contributed by atoms with Crippen LogP contribution in [0.4, 0.5) is 23.7 Å². The number of carbonyl (C=O) groups excluding carboxylic acids is 1. The molecule has 1 unspecified atom stereocenters. The molecule has 2 aliphatic rings. The highest BCUT2D eigenvalue weighted by molar-refractivity contribution is 6.32. The van der Waals surface area contributed by atoms with Crippen molar-refractivity contribution in [1.29, 1.82) is 0 Å². The van der Waals surface area contributed by atoms with Gasteiger partial charge in [0.25, 0.3) is 5.91 Å². The predicted octanol–water partition coefficient (Wildman–Crippen LogP) is 6.29. The second-order valence-electron chi connectivity index (χ2n) is 9.08. The van der Waals surface area contributed by atoms with Gasteiger partial charge in [0.1, 0.15) is 23.4 Å². The Labute approximate surface area is 225 Å². The molecule has 0 saturated carbocycles. The van der Waals surface area contributed by atoms with Crippen molar-refractivity contribution in [2.24, 2.45) is 0 Å². The SMILES string of the molecule is O=C(O)OC1CCOc2cc(Oc3ccc(C(=O)NC4CN(c5cccc(C(F)(F)F)c5)C4)cc3)c(Cl)cc21. The minimum atomic E-state index is -4.41. The van der Waals surface area contributed by atoms with Gasteiger partial charge in [0.2, 0.25) is 0 Å². The molecule has 204 valence electrons. The number of hydrogen-bond donors (Lipinski definition) is 2. The predicted molar refractivity (Wildman–Crippen MR) is 135 cm³/mol. The Balaban J connectivity index is 1.17. The molecule has 0 aliphatic carbocycles. The summed E-state index contributed by atoms with van der Waals surface area (Å²) < 4.78 is 55.2. The van der Waals surface area contributed by atoms with E-state index in [0.29, 0.717) is 47.8 Å². The summed E-state index contributed by atoms with van der Waals surface area (Å²) in [6.07, 6.45) is -6.13. The van der Waals surface area contributed by atoms with E-state index < -0.39 is 24.0 Å². The molecule has 1 atom stereocenters. The summed E-state index contributed by atoms with van der Waals surface area (Å²) in [5.74, 6) is 0.775. The number of rotatable bonds is 6. The van der Waals surface area contributed by atoms with E-state index in [-0.39, 0.29) is 29.3 Å². The number of anilines is 1. The Kier molecular flexibility index (Phi) is 7.17. The molecular formula is C27H22ClF3N2O6. The van der Waals surface area contributed by atoms with Gasteiger partial charge in [-0.2, -0.15) is 13.2 Å². The quantitative estimate of drug-likeness (QED) is 0.341. The third-order valence-electron chi connectivity index (χ3n) is 6.39. The van der Waals surface area contributed by atoms with Gasteiger partial charge in [-0.05, 0) is 48.5 Å². The zero-order valence-corrected chi connectivity index (χ0v) is 21.0. The zero-order chi connectivity index (χ0) is 27.7. The van der Waals surface area contributed by atoms with E-state index in [4.69, 9.17) is 30.9 Å². The Morgan fingerprint density at radius 1 is 1.08 bits per heavy atom. The summed E-state index contributed by atoms with van der Waals surface area (Å²) in [5.41, 5.74) is 0.632. The molecular weight excluding hydrogens is 541 g/mol. The molecule has 0 bridgehead atoms. The summed E-state index contributed by atoms with van der Waals surface area (Å²) in [6.45, 7) is 1.06. The number of halogens is 4. The summed E-state index contributed by atoms with van der Waals surface area (Å²) >= 11 is 6.35. The maximum Gasteiger partial charge on any atom is 0.506 e. The van der Waals surface area contributed by atoms with Gasteiger partial charge < -0.3 is 29.5 Å². The first-order valence-corrected chi connectivity index (χ1v) is 12.3. The van der Waals surface area contributed by atoms with Crippen LogP contribution in [0.5, 0.6) is 17.2 Å². The van der Waals surface area contributed by atoms with Crippen molar-refractivity contribution in [3.05, 3.63) is 82.4 Å². The van der Waals surface area contributed by atoms with E-state index in [0.717, 1.165) is 12.1 Å². The Morgan fingerprint density at radius 3 is 2.51 bits per heavy atom. The topological polar surface area (TPSA) is 97.3 Å². The lowest BCUT2D eigenvalue weighted by molar-refractivity contribution is -0.137. The summed E-state index contributed by atoms with van der Waals surface area (Å²) in [5, 5.41) is 12.0. The van der Waals surface area contributed by atoms with Gasteiger partial charge in [-0.1, -0.05) is 17.7 Å². The minimum Gasteiger partial charge on any atom is -0.493 e. The average Bonchev–Trinajstić information content (AvgIpc) is 2.86. The number of nitrogens with one attached hydrogen (secondary N) is 1. The third kappa shape index (κ3) is 5.98. The van der Waals surface area contributed by atoms with Crippen molar-refractivity contribution in [1.82, 2.24) is 5.32 Å². The first kappa shape index (κ1) is 26.5. The monoisotopic (exact) mass is 562 g/mol. The molecule has 0 aromatic heterocycles. The number of alkyl halides is 3. The standard InChI is InChI=1S/C27H22ClF3N2O6/c28-21-11-20-22(39-26(35)36)8-9-37-23(20)12-24(21)38-19-6-4-15(5-7-19)25(34)32-17-13-33(14-17)18-3-1-2-16(10-18)27(29,30)31/h1-7,10-12,17,22H,8-9,13-14H2,(H,32,34)(H,35,36). The smallest absolute Gasteiger partial charge is 0.493 e. The van der Waals surface area contributed by atoms with E-state index in [1.807, 2.05) is 0 Å². The molecule has 0 spiro atoms. The van der Waals surface area contributed by atoms with Gasteiger partial charge in [0.05, 0.1) is 23.2 Å². The molecule has 1 saturated heterocycles. The van der Waals surface area contributed by atoms with E-state index in [1.165, 1.54) is 6.07 Å². The number of fused-ring (bicyclic) bond motifs is 1. The number of ether oxygens (including phenoxy) is 3. The minimum absolute atomic E-state index is 0.203. The van der Waals surface area contributed by atoms with Crippen LogP contribution in [-0.2, 0) is 10.9 Å². The Hall–Kier alpha value is -4.12. The maximum absolute atomic E-state index is 13.0. The number of hydrogen-bond acceptors (Lipinski definition) is 6. The molecule has 3 aromatic rings. The van der Waals surface area contributed by atoms with E-state index in [2.05, 4.69) is 5.32 Å². The largest absolute Gasteiger partial charge is 0.506 e. The van der Waals surface area contributed by atoms with Gasteiger partial charge >= 0.3 is 12.3 Å². The van der Waals surface area contributed by atoms with Gasteiger partial charge in [-0.25, -0.2) is 4.79 Å². The Bertz CT molecular complexity index is 1390. The van der Waals surface area contributed by atoms with E-state index in [1.54, 1.807) is 47.4 Å². The van der Waals surface area contributed by atoms with Gasteiger partial charge in [0, 0.05) is 42.4 Å². The fraction of sp³-hybridized carbons (Fsp3) is 0.259. The lowest BCUT2D eigenvalue weighted by Crippen LogP contribution is -2.59. The zero-order valence-electron chi connectivity index (χ0n) is 20.2. The fourth-order valence-electron chi connectivity index (χ4n) is 4.41. The lowest BCUT2D eigenvalue weighted by Gasteiger charge is -2.41. The summed E-state index contributed by atoms with van der Waals surface area (Å²) in [6, 6.07) is 14.3.